The van der Waals surface area contributed by atoms with E-state index < -0.39 is 26.8 Å². The summed E-state index contributed by atoms with van der Waals surface area (Å²) in [5.41, 5.74) is 0. The van der Waals surface area contributed by atoms with Crippen LogP contribution in [-0.2, 0) is 19.6 Å². The van der Waals surface area contributed by atoms with Gasteiger partial charge in [-0.3, -0.25) is 4.79 Å². The van der Waals surface area contributed by atoms with Gasteiger partial charge in [0.1, 0.15) is 0 Å². The Labute approximate surface area is 152 Å². The Kier molecular flexibility index (Phi) is 7.18. The molecule has 2 N–H and O–H groups in total. The van der Waals surface area contributed by atoms with Crippen LogP contribution in [0.2, 0.25) is 0 Å². The molecule has 9 nitrogen and oxygen atoms in total. The number of hydrogen-bond donors (Lipinski definition) is 2. The van der Waals surface area contributed by atoms with E-state index in [1.165, 1.54) is 4.31 Å². The van der Waals surface area contributed by atoms with Crippen LogP contribution in [0.1, 0.15) is 36.2 Å². The number of aromatic carboxylic acids is 1. The van der Waals surface area contributed by atoms with Crippen molar-refractivity contribution in [1.82, 2.24) is 9.62 Å². The number of piperidine rings is 1. The minimum absolute atomic E-state index is 0.0642. The van der Waals surface area contributed by atoms with Crippen LogP contribution in [-0.4, -0.2) is 63.1 Å². The van der Waals surface area contributed by atoms with Crippen LogP contribution in [0.3, 0.4) is 0 Å². The summed E-state index contributed by atoms with van der Waals surface area (Å²) in [4.78, 5) is 23.0. The minimum Gasteiger partial charge on any atom is -0.475 e. The van der Waals surface area contributed by atoms with Crippen molar-refractivity contribution in [3.8, 4) is 0 Å². The molecule has 26 heavy (non-hydrogen) atoms. The molecule has 1 amide bonds. The number of carboxylic acid groups (broad SMARTS) is 1. The smallest absolute Gasteiger partial charge is 0.371 e. The number of sulfonamides is 1. The second-order valence-electron chi connectivity index (χ2n) is 6.09. The van der Waals surface area contributed by atoms with Crippen molar-refractivity contribution in [2.24, 2.45) is 5.92 Å². The van der Waals surface area contributed by atoms with E-state index in [0.29, 0.717) is 26.0 Å². The molecule has 0 saturated carbocycles. The van der Waals surface area contributed by atoms with Gasteiger partial charge < -0.3 is 19.6 Å². The monoisotopic (exact) mass is 388 g/mol. The molecule has 1 aromatic heterocycles. The molecule has 0 bridgehead atoms. The SMILES string of the molecule is COCCCCNC(=O)C1CCN(S(=O)(=O)c2ccc(C(=O)O)o2)CC1. The van der Waals surface area contributed by atoms with Crippen LogP contribution in [0.5, 0.6) is 0 Å². The van der Waals surface area contributed by atoms with Crippen molar-refractivity contribution < 1.29 is 32.3 Å². The predicted octanol–water partition coefficient (Wildman–Crippen LogP) is 0.921. The van der Waals surface area contributed by atoms with Crippen molar-refractivity contribution in [3.63, 3.8) is 0 Å². The molecule has 0 radical (unpaired) electrons. The van der Waals surface area contributed by atoms with E-state index in [0.717, 1.165) is 25.0 Å². The van der Waals surface area contributed by atoms with Gasteiger partial charge in [0.15, 0.2) is 0 Å². The Morgan fingerprint density at radius 2 is 2.00 bits per heavy atom. The predicted molar refractivity (Wildman–Crippen MR) is 91.3 cm³/mol. The number of hydrogen-bond acceptors (Lipinski definition) is 6. The summed E-state index contributed by atoms with van der Waals surface area (Å²) in [6.07, 6.45) is 2.53. The highest BCUT2D eigenvalue weighted by Gasteiger charge is 2.34. The number of nitrogens with zero attached hydrogens (tertiary/aromatic N) is 1. The van der Waals surface area contributed by atoms with Gasteiger partial charge >= 0.3 is 5.97 Å². The van der Waals surface area contributed by atoms with E-state index in [1.807, 2.05) is 0 Å². The van der Waals surface area contributed by atoms with Crippen molar-refractivity contribution in [3.05, 3.63) is 17.9 Å². The molecule has 1 fully saturated rings. The molecule has 1 saturated heterocycles. The number of carboxylic acids is 1. The van der Waals surface area contributed by atoms with E-state index >= 15 is 0 Å². The lowest BCUT2D eigenvalue weighted by Crippen LogP contribution is -2.43. The molecule has 0 unspecified atom stereocenters. The lowest BCUT2D eigenvalue weighted by atomic mass is 9.97. The third-order valence-electron chi connectivity index (χ3n) is 4.29. The summed E-state index contributed by atoms with van der Waals surface area (Å²) in [6.45, 7) is 1.61. The molecule has 2 heterocycles. The quantitative estimate of drug-likeness (QED) is 0.602. The molecule has 146 valence electrons. The van der Waals surface area contributed by atoms with Gasteiger partial charge in [0.2, 0.25) is 16.8 Å². The topological polar surface area (TPSA) is 126 Å². The maximum Gasteiger partial charge on any atom is 0.371 e. The number of amides is 1. The number of methoxy groups -OCH3 is 1. The lowest BCUT2D eigenvalue weighted by Gasteiger charge is -2.29. The van der Waals surface area contributed by atoms with Crippen LogP contribution in [0.15, 0.2) is 21.6 Å². The van der Waals surface area contributed by atoms with Crippen molar-refractivity contribution in [2.45, 2.75) is 30.8 Å². The first-order valence-corrected chi connectivity index (χ1v) is 9.90. The van der Waals surface area contributed by atoms with Crippen LogP contribution in [0.25, 0.3) is 0 Å². The van der Waals surface area contributed by atoms with Crippen LogP contribution in [0.4, 0.5) is 0 Å². The summed E-state index contributed by atoms with van der Waals surface area (Å²) >= 11 is 0. The second kappa shape index (κ2) is 9.15. The number of carbonyl (C=O) groups excluding carboxylic acids is 1. The molecule has 1 aromatic rings. The Balaban J connectivity index is 1.84. The summed E-state index contributed by atoms with van der Waals surface area (Å²) in [6, 6.07) is 2.25. The summed E-state index contributed by atoms with van der Waals surface area (Å²) in [7, 11) is -2.26. The first-order chi connectivity index (χ1) is 12.4. The fourth-order valence-electron chi connectivity index (χ4n) is 2.79. The molecule has 2 rings (SSSR count). The molecule has 10 heteroatoms. The maximum atomic E-state index is 12.5. The molecule has 1 aliphatic heterocycles. The molecule has 0 atom stereocenters. The van der Waals surface area contributed by atoms with E-state index in [-0.39, 0.29) is 24.9 Å². The molecular formula is C16H24N2O7S. The van der Waals surface area contributed by atoms with E-state index in [2.05, 4.69) is 5.32 Å². The highest BCUT2D eigenvalue weighted by Crippen LogP contribution is 2.25. The van der Waals surface area contributed by atoms with Gasteiger partial charge in [-0.25, -0.2) is 13.2 Å². The van der Waals surface area contributed by atoms with Crippen molar-refractivity contribution in [2.75, 3.05) is 33.4 Å². The lowest BCUT2D eigenvalue weighted by molar-refractivity contribution is -0.126. The number of unbranched alkanes of at least 4 members (excludes halogenated alkanes) is 1. The Morgan fingerprint density at radius 3 is 2.58 bits per heavy atom. The van der Waals surface area contributed by atoms with Gasteiger partial charge in [0.25, 0.3) is 10.0 Å². The molecule has 0 aliphatic carbocycles. The Hall–Kier alpha value is -1.91. The average molecular weight is 388 g/mol. The van der Waals surface area contributed by atoms with E-state index in [1.54, 1.807) is 7.11 Å². The van der Waals surface area contributed by atoms with Gasteiger partial charge in [-0.05, 0) is 37.8 Å². The fourth-order valence-corrected chi connectivity index (χ4v) is 4.17. The molecule has 1 aliphatic rings. The fraction of sp³-hybridized carbons (Fsp3) is 0.625. The van der Waals surface area contributed by atoms with Crippen molar-refractivity contribution >= 4 is 21.9 Å². The van der Waals surface area contributed by atoms with Crippen molar-refractivity contribution in [1.29, 1.82) is 0 Å². The number of ether oxygens (including phenoxy) is 1. The standard InChI is InChI=1S/C16H24N2O7S/c1-24-11-3-2-8-17-15(19)12-6-9-18(10-7-12)26(22,23)14-5-4-13(25-14)16(20)21/h4-5,12H,2-3,6-11H2,1H3,(H,17,19)(H,20,21). The van der Waals surface area contributed by atoms with Gasteiger partial charge in [-0.15, -0.1) is 0 Å². The average Bonchev–Trinajstić information content (AvgIpc) is 3.13. The Bertz CT molecular complexity index is 721. The van der Waals surface area contributed by atoms with E-state index in [4.69, 9.17) is 14.3 Å². The van der Waals surface area contributed by atoms with E-state index in [9.17, 15) is 18.0 Å². The second-order valence-corrected chi connectivity index (χ2v) is 7.96. The maximum absolute atomic E-state index is 12.5. The Morgan fingerprint density at radius 1 is 1.31 bits per heavy atom. The van der Waals surface area contributed by atoms with Gasteiger partial charge in [-0.2, -0.15) is 4.31 Å². The highest BCUT2D eigenvalue weighted by atomic mass is 32.2. The summed E-state index contributed by atoms with van der Waals surface area (Å²) in [5.74, 6) is -2.04. The third kappa shape index (κ3) is 5.05. The number of rotatable bonds is 9. The largest absolute Gasteiger partial charge is 0.475 e. The number of nitrogens with one attached hydrogen (secondary N) is 1. The first-order valence-electron chi connectivity index (χ1n) is 8.46. The molecular weight excluding hydrogens is 364 g/mol. The minimum atomic E-state index is -3.89. The molecule has 0 spiro atoms. The highest BCUT2D eigenvalue weighted by molar-refractivity contribution is 7.89. The zero-order valence-electron chi connectivity index (χ0n) is 14.6. The van der Waals surface area contributed by atoms with Crippen LogP contribution >= 0.6 is 0 Å². The molecule has 0 aromatic carbocycles. The van der Waals surface area contributed by atoms with Crippen LogP contribution in [0, 0.1) is 5.92 Å². The van der Waals surface area contributed by atoms with Gasteiger partial charge in [0.05, 0.1) is 0 Å². The normalized spacial score (nSPS) is 16.5. The van der Waals surface area contributed by atoms with Gasteiger partial charge in [-0.1, -0.05) is 0 Å². The zero-order chi connectivity index (χ0) is 19.2. The third-order valence-corrected chi connectivity index (χ3v) is 6.06. The first kappa shape index (κ1) is 20.4. The summed E-state index contributed by atoms with van der Waals surface area (Å²) in [5, 5.41) is 11.3. The number of furan rings is 1. The summed E-state index contributed by atoms with van der Waals surface area (Å²) < 4.78 is 36.1. The number of carbonyl (C=O) groups is 2. The zero-order valence-corrected chi connectivity index (χ0v) is 15.5. The van der Waals surface area contributed by atoms with Crippen LogP contribution < -0.4 is 5.32 Å². The van der Waals surface area contributed by atoms with Gasteiger partial charge in [0, 0.05) is 39.3 Å².